The summed E-state index contributed by atoms with van der Waals surface area (Å²) in [6.45, 7) is 1.68. The highest BCUT2D eigenvalue weighted by Crippen LogP contribution is 2.35. The molecule has 0 aliphatic heterocycles. The van der Waals surface area contributed by atoms with Gasteiger partial charge in [0, 0.05) is 13.2 Å². The molecule has 0 aliphatic carbocycles. The number of hydrogen-bond donors (Lipinski definition) is 1. The summed E-state index contributed by atoms with van der Waals surface area (Å²) < 4.78 is 45.4. The molecule has 0 aromatic carbocycles. The number of aliphatic carboxylic acids is 1. The molecular formula is C7H11F3O4. The Morgan fingerprint density at radius 1 is 1.21 bits per heavy atom. The monoisotopic (exact) mass is 216 g/mol. The molecule has 0 spiro atoms. The number of carboxylic acids is 1. The molecule has 0 heterocycles. The largest absolute Gasteiger partial charge is 0.477 e. The minimum Gasteiger partial charge on any atom is -0.477 e. The molecule has 0 aliphatic rings. The molecule has 7 heteroatoms. The van der Waals surface area contributed by atoms with Crippen LogP contribution in [0.25, 0.3) is 0 Å². The van der Waals surface area contributed by atoms with Gasteiger partial charge in [0.25, 0.3) is 0 Å². The summed E-state index contributed by atoms with van der Waals surface area (Å²) in [5.74, 6) is -5.75. The molecule has 0 saturated heterocycles. The van der Waals surface area contributed by atoms with Crippen LogP contribution in [0.5, 0.6) is 0 Å². The number of rotatable bonds is 5. The number of halogens is 3. The highest BCUT2D eigenvalue weighted by atomic mass is 19.4. The van der Waals surface area contributed by atoms with Crippen molar-refractivity contribution in [2.24, 2.45) is 0 Å². The Kier molecular flexibility index (Phi) is 4.34. The summed E-state index contributed by atoms with van der Waals surface area (Å²) in [5, 5.41) is 8.45. The van der Waals surface area contributed by atoms with Crippen LogP contribution in [0.4, 0.5) is 13.2 Å². The van der Waals surface area contributed by atoms with Crippen LogP contribution < -0.4 is 0 Å². The summed E-state index contributed by atoms with van der Waals surface area (Å²) in [4.78, 5) is 10.5. The molecule has 0 rings (SSSR count). The lowest BCUT2D eigenvalue weighted by Crippen LogP contribution is -2.56. The molecule has 0 amide bonds. The lowest BCUT2D eigenvalue weighted by Gasteiger charge is -2.30. The minimum absolute atomic E-state index is 0.411. The zero-order valence-corrected chi connectivity index (χ0v) is 7.72. The average Bonchev–Trinajstić information content (AvgIpc) is 2.01. The van der Waals surface area contributed by atoms with Gasteiger partial charge in [-0.3, -0.25) is 0 Å². The van der Waals surface area contributed by atoms with Crippen molar-refractivity contribution < 1.29 is 32.5 Å². The number of hydrogen-bond acceptors (Lipinski definition) is 3. The van der Waals surface area contributed by atoms with Crippen molar-refractivity contribution in [2.75, 3.05) is 13.2 Å². The van der Waals surface area contributed by atoms with Gasteiger partial charge in [0.05, 0.1) is 0 Å². The lowest BCUT2D eigenvalue weighted by molar-refractivity contribution is -0.364. The van der Waals surface area contributed by atoms with E-state index in [1.54, 1.807) is 0 Å². The highest BCUT2D eigenvalue weighted by molar-refractivity contribution is 5.76. The standard InChI is InChI=1S/C7H11F3O4/c1-3-13-6(5(11)12,14-4-2)7(8,9)10/h3-4H2,1-2H3,(H,11,12). The third-order valence-corrected chi connectivity index (χ3v) is 1.35. The molecule has 0 unspecified atom stereocenters. The number of carboxylic acid groups (broad SMARTS) is 1. The second kappa shape index (κ2) is 4.61. The SMILES string of the molecule is CCOC(OCC)(C(=O)O)C(F)(F)F. The topological polar surface area (TPSA) is 55.8 Å². The van der Waals surface area contributed by atoms with E-state index in [9.17, 15) is 18.0 Å². The van der Waals surface area contributed by atoms with Gasteiger partial charge in [0.1, 0.15) is 0 Å². The molecule has 0 saturated carbocycles. The van der Waals surface area contributed by atoms with Crippen molar-refractivity contribution in [1.82, 2.24) is 0 Å². The first-order valence-electron chi connectivity index (χ1n) is 3.89. The summed E-state index contributed by atoms with van der Waals surface area (Å²) in [6, 6.07) is 0. The molecule has 0 radical (unpaired) electrons. The van der Waals surface area contributed by atoms with Gasteiger partial charge >= 0.3 is 17.9 Å². The van der Waals surface area contributed by atoms with Crippen molar-refractivity contribution in [2.45, 2.75) is 25.8 Å². The van der Waals surface area contributed by atoms with Gasteiger partial charge in [-0.2, -0.15) is 13.2 Å². The predicted octanol–water partition coefficient (Wildman–Crippen LogP) is 1.40. The second-order valence-corrected chi connectivity index (χ2v) is 2.29. The molecule has 0 bridgehead atoms. The Balaban J connectivity index is 5.04. The van der Waals surface area contributed by atoms with Gasteiger partial charge in [0.2, 0.25) is 0 Å². The second-order valence-electron chi connectivity index (χ2n) is 2.29. The van der Waals surface area contributed by atoms with Gasteiger partial charge in [-0.25, -0.2) is 4.79 Å². The van der Waals surface area contributed by atoms with Crippen LogP contribution in [-0.2, 0) is 14.3 Å². The third-order valence-electron chi connectivity index (χ3n) is 1.35. The van der Waals surface area contributed by atoms with Crippen molar-refractivity contribution in [3.63, 3.8) is 0 Å². The van der Waals surface area contributed by atoms with Crippen LogP contribution >= 0.6 is 0 Å². The van der Waals surface area contributed by atoms with Gasteiger partial charge in [-0.05, 0) is 13.8 Å². The Morgan fingerprint density at radius 2 is 1.57 bits per heavy atom. The van der Waals surface area contributed by atoms with Gasteiger partial charge in [-0.15, -0.1) is 0 Å². The van der Waals surface area contributed by atoms with Crippen LogP contribution in [0, 0.1) is 0 Å². The van der Waals surface area contributed by atoms with E-state index in [4.69, 9.17) is 5.11 Å². The van der Waals surface area contributed by atoms with E-state index in [0.717, 1.165) is 0 Å². The van der Waals surface area contributed by atoms with Crippen molar-refractivity contribution in [1.29, 1.82) is 0 Å². The number of ether oxygens (including phenoxy) is 2. The third kappa shape index (κ3) is 2.36. The van der Waals surface area contributed by atoms with E-state index < -0.39 is 31.1 Å². The maximum atomic E-state index is 12.4. The van der Waals surface area contributed by atoms with E-state index in [1.165, 1.54) is 13.8 Å². The molecule has 1 N–H and O–H groups in total. The fraction of sp³-hybridized carbons (Fsp3) is 0.857. The first kappa shape index (κ1) is 13.2. The maximum absolute atomic E-state index is 12.4. The molecule has 0 atom stereocenters. The highest BCUT2D eigenvalue weighted by Gasteiger charge is 2.64. The van der Waals surface area contributed by atoms with Gasteiger partial charge in [0.15, 0.2) is 0 Å². The van der Waals surface area contributed by atoms with E-state index in [1.807, 2.05) is 0 Å². The lowest BCUT2D eigenvalue weighted by atomic mass is 10.2. The predicted molar refractivity (Wildman–Crippen MR) is 39.7 cm³/mol. The van der Waals surface area contributed by atoms with Gasteiger partial charge < -0.3 is 14.6 Å². The quantitative estimate of drug-likeness (QED) is 0.706. The summed E-state index contributed by atoms with van der Waals surface area (Å²) in [7, 11) is 0. The molecule has 0 aromatic rings. The molecule has 4 nitrogen and oxygen atoms in total. The maximum Gasteiger partial charge on any atom is 0.455 e. The van der Waals surface area contributed by atoms with Crippen LogP contribution in [0.1, 0.15) is 13.8 Å². The van der Waals surface area contributed by atoms with Crippen LogP contribution in [0.15, 0.2) is 0 Å². The van der Waals surface area contributed by atoms with Crippen molar-refractivity contribution in [3.8, 4) is 0 Å². The Labute approximate surface area is 78.6 Å². The molecular weight excluding hydrogens is 205 g/mol. The van der Waals surface area contributed by atoms with Crippen LogP contribution in [-0.4, -0.2) is 36.3 Å². The van der Waals surface area contributed by atoms with Crippen LogP contribution in [0.2, 0.25) is 0 Å². The molecule has 0 fully saturated rings. The van der Waals surface area contributed by atoms with Crippen molar-refractivity contribution in [3.05, 3.63) is 0 Å². The minimum atomic E-state index is -5.11. The Morgan fingerprint density at radius 3 is 1.71 bits per heavy atom. The fourth-order valence-electron chi connectivity index (χ4n) is 0.857. The fourth-order valence-corrected chi connectivity index (χ4v) is 0.857. The molecule has 14 heavy (non-hydrogen) atoms. The summed E-state index contributed by atoms with van der Waals surface area (Å²) in [6.07, 6.45) is -5.11. The zero-order chi connectivity index (χ0) is 11.4. The first-order chi connectivity index (χ1) is 6.31. The first-order valence-corrected chi connectivity index (χ1v) is 3.89. The van der Waals surface area contributed by atoms with Crippen LogP contribution in [0.3, 0.4) is 0 Å². The molecule has 0 aromatic heterocycles. The Hall–Kier alpha value is -0.820. The summed E-state index contributed by atoms with van der Waals surface area (Å²) >= 11 is 0. The van der Waals surface area contributed by atoms with Gasteiger partial charge in [-0.1, -0.05) is 0 Å². The smallest absolute Gasteiger partial charge is 0.455 e. The number of carbonyl (C=O) groups is 1. The van der Waals surface area contributed by atoms with E-state index in [-0.39, 0.29) is 0 Å². The molecule has 84 valence electrons. The number of alkyl halides is 3. The zero-order valence-electron chi connectivity index (χ0n) is 7.72. The van der Waals surface area contributed by atoms with Crippen molar-refractivity contribution >= 4 is 5.97 Å². The normalized spacial score (nSPS) is 12.9. The Bertz CT molecular complexity index is 196. The van der Waals surface area contributed by atoms with E-state index >= 15 is 0 Å². The van der Waals surface area contributed by atoms with E-state index in [0.29, 0.717) is 0 Å². The van der Waals surface area contributed by atoms with E-state index in [2.05, 4.69) is 9.47 Å². The summed E-state index contributed by atoms with van der Waals surface area (Å²) in [5.41, 5.74) is 0. The average molecular weight is 216 g/mol.